The van der Waals surface area contributed by atoms with Crippen LogP contribution >= 0.6 is 0 Å². The predicted molar refractivity (Wildman–Crippen MR) is 122 cm³/mol. The van der Waals surface area contributed by atoms with Crippen LogP contribution in [0.1, 0.15) is 52.9 Å². The molecule has 1 N–H and O–H groups in total. The van der Waals surface area contributed by atoms with Crippen LogP contribution in [0.5, 0.6) is 0 Å². The fourth-order valence-electron chi connectivity index (χ4n) is 3.46. The number of carbonyl (C=O) groups excluding carboxylic acids is 2. The van der Waals surface area contributed by atoms with Crippen molar-refractivity contribution in [3.63, 3.8) is 0 Å². The molecule has 3 rings (SSSR count). The van der Waals surface area contributed by atoms with E-state index in [4.69, 9.17) is 4.74 Å². The summed E-state index contributed by atoms with van der Waals surface area (Å²) in [5.74, 6) is -0.583. The normalized spacial score (nSPS) is 11.1. The van der Waals surface area contributed by atoms with E-state index in [2.05, 4.69) is 36.0 Å². The third-order valence-corrected chi connectivity index (χ3v) is 5.47. The van der Waals surface area contributed by atoms with Gasteiger partial charge in [-0.3, -0.25) is 4.79 Å². The molecule has 1 amide bonds. The van der Waals surface area contributed by atoms with E-state index in [0.29, 0.717) is 30.0 Å². The summed E-state index contributed by atoms with van der Waals surface area (Å²) in [5, 5.41) is 2.87. The van der Waals surface area contributed by atoms with Crippen LogP contribution in [0.15, 0.2) is 42.6 Å². The number of aryl methyl sites for hydroxylation is 2. The zero-order valence-corrected chi connectivity index (χ0v) is 18.6. The van der Waals surface area contributed by atoms with Crippen LogP contribution in [0.4, 0.5) is 5.69 Å². The van der Waals surface area contributed by atoms with Crippen LogP contribution in [-0.2, 0) is 11.2 Å². The molecule has 0 aliphatic heterocycles. The van der Waals surface area contributed by atoms with E-state index in [0.717, 1.165) is 36.5 Å². The van der Waals surface area contributed by atoms with Gasteiger partial charge in [-0.2, -0.15) is 0 Å². The van der Waals surface area contributed by atoms with Gasteiger partial charge in [0.1, 0.15) is 12.3 Å². The summed E-state index contributed by atoms with van der Waals surface area (Å²) in [4.78, 5) is 31.6. The molecule has 0 atom stereocenters. The predicted octanol–water partition coefficient (Wildman–Crippen LogP) is 3.96. The Morgan fingerprint density at radius 2 is 1.71 bits per heavy atom. The summed E-state index contributed by atoms with van der Waals surface area (Å²) in [6.45, 7) is 11.1. The second kappa shape index (κ2) is 10.2. The number of hydrogen-bond donors (Lipinski definition) is 1. The van der Waals surface area contributed by atoms with Gasteiger partial charge in [0.15, 0.2) is 0 Å². The number of benzene rings is 1. The maximum absolute atomic E-state index is 12.7. The Labute approximate surface area is 183 Å². The van der Waals surface area contributed by atoms with Crippen LogP contribution in [0.2, 0.25) is 0 Å². The molecule has 2 heterocycles. The number of carbonyl (C=O) groups is 2. The van der Waals surface area contributed by atoms with Crippen LogP contribution in [-0.4, -0.2) is 52.4 Å². The largest absolute Gasteiger partial charge is 0.461 e. The Morgan fingerprint density at radius 1 is 1.03 bits per heavy atom. The van der Waals surface area contributed by atoms with E-state index in [9.17, 15) is 9.59 Å². The summed E-state index contributed by atoms with van der Waals surface area (Å²) in [6, 6.07) is 10.3. The quantitative estimate of drug-likeness (QED) is 0.529. The molecule has 0 unspecified atom stereocenters. The molecule has 0 spiro atoms. The van der Waals surface area contributed by atoms with E-state index in [1.54, 1.807) is 36.5 Å². The lowest BCUT2D eigenvalue weighted by Gasteiger charge is -2.17. The minimum Gasteiger partial charge on any atom is -0.461 e. The van der Waals surface area contributed by atoms with Gasteiger partial charge in [0, 0.05) is 24.1 Å². The lowest BCUT2D eigenvalue weighted by atomic mass is 10.2. The SMILES string of the molecule is CCc1nc2ccc(C(=O)Nc3ccc(C(=O)OCCN(CC)CC)cc3)cn2c1C. The van der Waals surface area contributed by atoms with Crippen molar-refractivity contribution in [1.82, 2.24) is 14.3 Å². The second-order valence-electron chi connectivity index (χ2n) is 7.34. The van der Waals surface area contributed by atoms with Crippen molar-refractivity contribution in [2.75, 3.05) is 31.6 Å². The van der Waals surface area contributed by atoms with Crippen LogP contribution in [0, 0.1) is 6.92 Å². The monoisotopic (exact) mass is 422 g/mol. The van der Waals surface area contributed by atoms with E-state index in [1.165, 1.54) is 0 Å². The van der Waals surface area contributed by atoms with E-state index < -0.39 is 0 Å². The van der Waals surface area contributed by atoms with Crippen molar-refractivity contribution < 1.29 is 14.3 Å². The van der Waals surface area contributed by atoms with Gasteiger partial charge >= 0.3 is 5.97 Å². The average molecular weight is 423 g/mol. The van der Waals surface area contributed by atoms with E-state index >= 15 is 0 Å². The molecule has 0 fully saturated rings. The van der Waals surface area contributed by atoms with Crippen LogP contribution < -0.4 is 5.32 Å². The molecule has 0 bridgehead atoms. The van der Waals surface area contributed by atoms with Crippen molar-refractivity contribution in [3.8, 4) is 0 Å². The van der Waals surface area contributed by atoms with Crippen LogP contribution in [0.3, 0.4) is 0 Å². The second-order valence-corrected chi connectivity index (χ2v) is 7.34. The first-order valence-corrected chi connectivity index (χ1v) is 10.7. The van der Waals surface area contributed by atoms with Gasteiger partial charge in [-0.1, -0.05) is 20.8 Å². The summed E-state index contributed by atoms with van der Waals surface area (Å²) in [6.07, 6.45) is 2.65. The minimum absolute atomic E-state index is 0.220. The van der Waals surface area contributed by atoms with Gasteiger partial charge in [-0.25, -0.2) is 9.78 Å². The number of anilines is 1. The highest BCUT2D eigenvalue weighted by molar-refractivity contribution is 6.04. The smallest absolute Gasteiger partial charge is 0.338 e. The van der Waals surface area contributed by atoms with Crippen molar-refractivity contribution in [2.24, 2.45) is 0 Å². The van der Waals surface area contributed by atoms with Crippen molar-refractivity contribution >= 4 is 23.2 Å². The first kappa shape index (κ1) is 22.5. The maximum Gasteiger partial charge on any atom is 0.338 e. The fourth-order valence-corrected chi connectivity index (χ4v) is 3.46. The number of hydrogen-bond acceptors (Lipinski definition) is 5. The Bertz CT molecular complexity index is 1050. The fraction of sp³-hybridized carbons (Fsp3) is 0.375. The molecule has 3 aromatic rings. The third-order valence-electron chi connectivity index (χ3n) is 5.47. The number of nitrogens with zero attached hydrogens (tertiary/aromatic N) is 3. The number of pyridine rings is 1. The molecule has 7 nitrogen and oxygen atoms in total. The summed E-state index contributed by atoms with van der Waals surface area (Å²) in [7, 11) is 0. The van der Waals surface area contributed by atoms with E-state index in [-0.39, 0.29) is 11.9 Å². The van der Waals surface area contributed by atoms with Crippen molar-refractivity contribution in [1.29, 1.82) is 0 Å². The zero-order valence-electron chi connectivity index (χ0n) is 18.6. The van der Waals surface area contributed by atoms with Crippen LogP contribution in [0.25, 0.3) is 5.65 Å². The number of likely N-dealkylation sites (N-methyl/N-ethyl adjacent to an activating group) is 1. The molecule has 31 heavy (non-hydrogen) atoms. The first-order chi connectivity index (χ1) is 15.0. The lowest BCUT2D eigenvalue weighted by molar-refractivity contribution is 0.0466. The van der Waals surface area contributed by atoms with Gasteiger partial charge in [0.05, 0.1) is 16.8 Å². The highest BCUT2D eigenvalue weighted by atomic mass is 16.5. The summed E-state index contributed by atoms with van der Waals surface area (Å²) >= 11 is 0. The standard InChI is InChI=1S/C24H30N4O3/c1-5-21-17(4)28-16-19(10-13-22(28)26-21)23(29)25-20-11-8-18(9-12-20)24(30)31-15-14-27(6-2)7-3/h8-13,16H,5-7,14-15H2,1-4H3,(H,25,29). The molecular weight excluding hydrogens is 392 g/mol. The maximum atomic E-state index is 12.7. The lowest BCUT2D eigenvalue weighted by Crippen LogP contribution is -2.27. The summed E-state index contributed by atoms with van der Waals surface area (Å²) in [5.41, 5.74) is 4.50. The topological polar surface area (TPSA) is 75.9 Å². The molecule has 0 saturated carbocycles. The number of fused-ring (bicyclic) bond motifs is 1. The molecule has 1 aromatic carbocycles. The Morgan fingerprint density at radius 3 is 2.35 bits per heavy atom. The molecule has 0 aliphatic carbocycles. The van der Waals surface area contributed by atoms with Gasteiger partial charge in [0.2, 0.25) is 0 Å². The van der Waals surface area contributed by atoms with Gasteiger partial charge < -0.3 is 19.4 Å². The number of aromatic nitrogens is 2. The van der Waals surface area contributed by atoms with Gasteiger partial charge in [0.25, 0.3) is 5.91 Å². The molecule has 0 saturated heterocycles. The number of amides is 1. The highest BCUT2D eigenvalue weighted by Gasteiger charge is 2.12. The van der Waals surface area contributed by atoms with Crippen molar-refractivity contribution in [2.45, 2.75) is 34.1 Å². The van der Waals surface area contributed by atoms with Crippen molar-refractivity contribution in [3.05, 3.63) is 65.1 Å². The number of nitrogens with one attached hydrogen (secondary N) is 1. The Hall–Kier alpha value is -3.19. The molecule has 2 aromatic heterocycles. The minimum atomic E-state index is -0.363. The average Bonchev–Trinajstić information content (AvgIpc) is 3.12. The number of rotatable bonds is 9. The molecule has 0 radical (unpaired) electrons. The third kappa shape index (κ3) is 5.30. The summed E-state index contributed by atoms with van der Waals surface area (Å²) < 4.78 is 7.27. The molecule has 7 heteroatoms. The molecular formula is C24H30N4O3. The Balaban J connectivity index is 1.61. The molecule has 0 aliphatic rings. The van der Waals surface area contributed by atoms with Gasteiger partial charge in [-0.05, 0) is 62.8 Å². The molecule has 164 valence electrons. The number of imidazole rings is 1. The zero-order chi connectivity index (χ0) is 22.4. The Kier molecular flexibility index (Phi) is 7.41. The van der Waals surface area contributed by atoms with Gasteiger partial charge in [-0.15, -0.1) is 0 Å². The number of esters is 1. The highest BCUT2D eigenvalue weighted by Crippen LogP contribution is 2.16. The van der Waals surface area contributed by atoms with E-state index in [1.807, 2.05) is 17.4 Å². The first-order valence-electron chi connectivity index (χ1n) is 10.7. The number of ether oxygens (including phenoxy) is 1.